The molecule has 0 heterocycles. The van der Waals surface area contributed by atoms with Crippen molar-refractivity contribution in [2.75, 3.05) is 12.9 Å². The molecule has 0 aromatic carbocycles. The van der Waals surface area contributed by atoms with Gasteiger partial charge in [-0.2, -0.15) is 0 Å². The Morgan fingerprint density at radius 3 is 2.50 bits per heavy atom. The van der Waals surface area contributed by atoms with E-state index in [1.165, 1.54) is 4.91 Å². The number of allylic oxidation sites excluding steroid dienone is 5. The maximum Gasteiger partial charge on any atom is 0.307 e. The molecule has 0 bridgehead atoms. The number of hydrogen-bond donors (Lipinski definition) is 2. The van der Waals surface area contributed by atoms with Gasteiger partial charge in [-0.15, -0.1) is 10.5 Å². The number of rotatable bonds is 13. The van der Waals surface area contributed by atoms with E-state index >= 15 is 0 Å². The van der Waals surface area contributed by atoms with Crippen LogP contribution in [0.4, 0.5) is 0 Å². The number of hydrogen-bond acceptors (Lipinski definition) is 4. The van der Waals surface area contributed by atoms with Gasteiger partial charge in [-0.25, -0.2) is 0 Å². The molecule has 0 aromatic rings. The largest absolute Gasteiger partial charge is 0.481 e. The third kappa shape index (κ3) is 8.94. The van der Waals surface area contributed by atoms with Crippen LogP contribution in [0, 0.1) is 5.92 Å². The van der Waals surface area contributed by atoms with Crippen LogP contribution in [0.1, 0.15) is 65.7 Å². The number of carbonyl (C=O) groups excluding carboxylic acids is 2. The van der Waals surface area contributed by atoms with Crippen molar-refractivity contribution in [3.05, 3.63) is 34.8 Å². The van der Waals surface area contributed by atoms with Gasteiger partial charge in [0.2, 0.25) is 5.91 Å². The van der Waals surface area contributed by atoms with Gasteiger partial charge in [0.25, 0.3) is 0 Å². The molecule has 0 spiro atoms. The summed E-state index contributed by atoms with van der Waals surface area (Å²) in [5.41, 5.74) is 2.06. The van der Waals surface area contributed by atoms with Crippen molar-refractivity contribution in [2.24, 2.45) is 5.92 Å². The summed E-state index contributed by atoms with van der Waals surface area (Å²) >= 11 is 6.55. The Kier molecular flexibility index (Phi) is 12.6. The fourth-order valence-electron chi connectivity index (χ4n) is 3.62. The van der Waals surface area contributed by atoms with Crippen molar-refractivity contribution in [3.8, 4) is 0 Å². The minimum atomic E-state index is -1.04. The van der Waals surface area contributed by atoms with Crippen molar-refractivity contribution >= 4 is 44.3 Å². The molecular formula is C24H36ClNO5S. The summed E-state index contributed by atoms with van der Waals surface area (Å²) < 4.78 is 6.02. The molecule has 32 heavy (non-hydrogen) atoms. The highest BCUT2D eigenvalue weighted by Gasteiger charge is 2.27. The first-order valence-electron chi connectivity index (χ1n) is 11.1. The van der Waals surface area contributed by atoms with Crippen LogP contribution in [-0.4, -0.2) is 46.2 Å². The second kappa shape index (κ2) is 14.3. The van der Waals surface area contributed by atoms with Crippen LogP contribution < -0.4 is 5.32 Å². The Labute approximate surface area is 199 Å². The molecular weight excluding hydrogens is 450 g/mol. The van der Waals surface area contributed by atoms with Crippen LogP contribution in [-0.2, 0) is 19.1 Å². The number of amides is 1. The van der Waals surface area contributed by atoms with Gasteiger partial charge in [0.1, 0.15) is 0 Å². The summed E-state index contributed by atoms with van der Waals surface area (Å²) in [5.74, 6) is -1.86. The smallest absolute Gasteiger partial charge is 0.307 e. The quantitative estimate of drug-likeness (QED) is 0.214. The maximum atomic E-state index is 12.2. The van der Waals surface area contributed by atoms with Crippen LogP contribution in [0.2, 0.25) is 0 Å². The van der Waals surface area contributed by atoms with E-state index < -0.39 is 23.9 Å². The maximum absolute atomic E-state index is 12.2. The molecule has 8 heteroatoms. The molecule has 6 nitrogen and oxygen atoms in total. The molecule has 1 amide bonds. The van der Waals surface area contributed by atoms with Gasteiger partial charge >= 0.3 is 11.9 Å². The van der Waals surface area contributed by atoms with Crippen LogP contribution in [0.25, 0.3) is 0 Å². The number of ether oxygens (including phenoxy) is 1. The van der Waals surface area contributed by atoms with Crippen LogP contribution >= 0.6 is 22.1 Å². The molecule has 1 rings (SSSR count). The van der Waals surface area contributed by atoms with Gasteiger partial charge in [-0.1, -0.05) is 50.6 Å². The van der Waals surface area contributed by atoms with E-state index in [-0.39, 0.29) is 42.3 Å². The molecule has 180 valence electrons. The number of aliphatic carboxylic acids is 1. The molecule has 2 N–H and O–H groups in total. The number of carbonyl (C=O) groups is 3. The number of carboxylic acid groups (broad SMARTS) is 1. The zero-order valence-electron chi connectivity index (χ0n) is 19.5. The lowest BCUT2D eigenvalue weighted by atomic mass is 9.92. The first-order chi connectivity index (χ1) is 15.1. The lowest BCUT2D eigenvalue weighted by Crippen LogP contribution is -2.38. The second-order valence-corrected chi connectivity index (χ2v) is 10.4. The van der Waals surface area contributed by atoms with Crippen molar-refractivity contribution < 1.29 is 24.2 Å². The molecule has 0 aromatic heterocycles. The van der Waals surface area contributed by atoms with Gasteiger partial charge in [-0.3, -0.25) is 14.4 Å². The van der Waals surface area contributed by atoms with E-state index in [4.69, 9.17) is 21.4 Å². The zero-order chi connectivity index (χ0) is 24.3. The van der Waals surface area contributed by atoms with Crippen LogP contribution in [0.15, 0.2) is 34.8 Å². The van der Waals surface area contributed by atoms with Crippen molar-refractivity contribution in [1.29, 1.82) is 0 Å². The molecule has 3 atom stereocenters. The molecule has 3 unspecified atom stereocenters. The molecule has 0 aliphatic heterocycles. The topological polar surface area (TPSA) is 92.7 Å². The van der Waals surface area contributed by atoms with E-state index in [1.807, 2.05) is 0 Å². The standard InChI is InChI=1S/C24H36ClNO5S/c1-6-9-21(25)32(5)20(7-2)19-11-10-17(16(19)4)14-18(15-24(30)31-8-3)26-22(27)12-13-23(28)29/h10-11,17-18H,4,6-9,12-15H2,1-3,5H3,(H,26,27)(H,28,29)/b20-19+. The Balaban J connectivity index is 3.03. The summed E-state index contributed by atoms with van der Waals surface area (Å²) in [7, 11) is -0.169. The summed E-state index contributed by atoms with van der Waals surface area (Å²) in [5, 5.41) is 11.6. The molecule has 0 saturated carbocycles. The number of esters is 1. The van der Waals surface area contributed by atoms with Gasteiger partial charge in [-0.05, 0) is 48.5 Å². The predicted octanol–water partition coefficient (Wildman–Crippen LogP) is 5.15. The van der Waals surface area contributed by atoms with E-state index in [9.17, 15) is 14.4 Å². The summed E-state index contributed by atoms with van der Waals surface area (Å²) in [6.07, 6.45) is 9.13. The zero-order valence-corrected chi connectivity index (χ0v) is 21.1. The van der Waals surface area contributed by atoms with Gasteiger partial charge in [0.15, 0.2) is 0 Å². The van der Waals surface area contributed by atoms with E-state index in [1.54, 1.807) is 6.92 Å². The first-order valence-corrected chi connectivity index (χ1v) is 13.1. The summed E-state index contributed by atoms with van der Waals surface area (Å²) in [6, 6.07) is -0.471. The minimum absolute atomic E-state index is 0.0260. The highest BCUT2D eigenvalue weighted by molar-refractivity contribution is 8.20. The lowest BCUT2D eigenvalue weighted by molar-refractivity contribution is -0.144. The molecule has 0 radical (unpaired) electrons. The number of nitrogens with one attached hydrogen (secondary N) is 1. The van der Waals surface area contributed by atoms with E-state index in [2.05, 4.69) is 44.2 Å². The van der Waals surface area contributed by atoms with Crippen molar-refractivity contribution in [2.45, 2.75) is 71.8 Å². The van der Waals surface area contributed by atoms with Gasteiger partial charge < -0.3 is 15.2 Å². The fraction of sp³-hybridized carbons (Fsp3) is 0.583. The Morgan fingerprint density at radius 1 is 1.25 bits per heavy atom. The van der Waals surface area contributed by atoms with Crippen molar-refractivity contribution in [3.63, 3.8) is 0 Å². The molecule has 1 aliphatic carbocycles. The minimum Gasteiger partial charge on any atom is -0.481 e. The Hall–Kier alpha value is -1.86. The second-order valence-electron chi connectivity index (χ2n) is 7.70. The Morgan fingerprint density at radius 2 is 1.94 bits per heavy atom. The number of halogens is 1. The monoisotopic (exact) mass is 485 g/mol. The third-order valence-corrected chi connectivity index (χ3v) is 8.25. The Bertz CT molecular complexity index is 815. The molecule has 1 aliphatic rings. The highest BCUT2D eigenvalue weighted by atomic mass is 35.5. The predicted molar refractivity (Wildman–Crippen MR) is 133 cm³/mol. The first kappa shape index (κ1) is 28.2. The SMILES string of the molecule is C=C1/C(=C(\CC)S(C)=C(Cl)CCC)C=CC1CC(CC(=O)OCC)NC(=O)CCC(=O)O. The summed E-state index contributed by atoms with van der Waals surface area (Å²) in [6.45, 7) is 10.5. The average Bonchev–Trinajstić information content (AvgIpc) is 3.07. The lowest BCUT2D eigenvalue weighted by Gasteiger charge is -2.22. The molecule has 0 saturated heterocycles. The van der Waals surface area contributed by atoms with Gasteiger partial charge in [0, 0.05) is 22.7 Å². The van der Waals surface area contributed by atoms with Crippen LogP contribution in [0.5, 0.6) is 0 Å². The van der Waals surface area contributed by atoms with Crippen LogP contribution in [0.3, 0.4) is 0 Å². The van der Waals surface area contributed by atoms with E-state index in [0.717, 1.165) is 34.7 Å². The average molecular weight is 486 g/mol. The fourth-order valence-corrected chi connectivity index (χ4v) is 5.83. The normalized spacial score (nSPS) is 19.3. The van der Waals surface area contributed by atoms with E-state index in [0.29, 0.717) is 6.42 Å². The van der Waals surface area contributed by atoms with Crippen molar-refractivity contribution in [1.82, 2.24) is 5.32 Å². The van der Waals surface area contributed by atoms with Gasteiger partial charge in [0.05, 0.1) is 19.4 Å². The molecule has 0 fully saturated rings. The number of carboxylic acids is 1. The highest BCUT2D eigenvalue weighted by Crippen LogP contribution is 2.41. The summed E-state index contributed by atoms with van der Waals surface area (Å²) in [4.78, 5) is 36.3. The third-order valence-electron chi connectivity index (χ3n) is 5.25.